The first kappa shape index (κ1) is 25.4. The van der Waals surface area contributed by atoms with Crippen molar-refractivity contribution in [1.29, 1.82) is 0 Å². The van der Waals surface area contributed by atoms with Gasteiger partial charge in [-0.15, -0.1) is 0 Å². The van der Waals surface area contributed by atoms with Gasteiger partial charge in [0.2, 0.25) is 0 Å². The van der Waals surface area contributed by atoms with Crippen LogP contribution in [0.15, 0.2) is 48.5 Å². The third kappa shape index (κ3) is 6.89. The molecule has 33 heavy (non-hydrogen) atoms. The van der Waals surface area contributed by atoms with E-state index in [2.05, 4.69) is 6.92 Å². The summed E-state index contributed by atoms with van der Waals surface area (Å²) in [5.74, 6) is -2.34. The smallest absolute Gasteiger partial charge is 0.385 e. The van der Waals surface area contributed by atoms with E-state index in [0.29, 0.717) is 11.5 Å². The molecule has 180 valence electrons. The van der Waals surface area contributed by atoms with Crippen molar-refractivity contribution in [2.45, 2.75) is 57.5 Å². The monoisotopic (exact) mass is 466 g/mol. The highest BCUT2D eigenvalue weighted by Gasteiger charge is 2.38. The summed E-state index contributed by atoms with van der Waals surface area (Å²) in [5, 5.41) is 0. The van der Waals surface area contributed by atoms with E-state index in [1.165, 1.54) is 44.2 Å². The third-order valence-electron chi connectivity index (χ3n) is 6.67. The Morgan fingerprint density at radius 3 is 1.88 bits per heavy atom. The number of hydrogen-bond acceptors (Lipinski definition) is 1. The predicted octanol–water partition coefficient (Wildman–Crippen LogP) is 8.50. The SMILES string of the molecule is COCCC(Cc1ccc(/C(F)=C(/F)c2ccc(C3CCC(C)CC3)cc2)cc1)C(F)(F)F. The number of rotatable bonds is 8. The summed E-state index contributed by atoms with van der Waals surface area (Å²) in [6, 6.07) is 12.4. The minimum absolute atomic E-state index is 0.00189. The van der Waals surface area contributed by atoms with Gasteiger partial charge >= 0.3 is 6.18 Å². The molecule has 1 aliphatic rings. The Hall–Kier alpha value is -2.21. The maximum atomic E-state index is 14.8. The molecule has 0 aliphatic heterocycles. The van der Waals surface area contributed by atoms with Crippen molar-refractivity contribution < 1.29 is 26.7 Å². The zero-order valence-electron chi connectivity index (χ0n) is 19.1. The molecule has 0 radical (unpaired) electrons. The Bertz CT molecular complexity index is 907. The third-order valence-corrected chi connectivity index (χ3v) is 6.67. The molecule has 1 aliphatic carbocycles. The highest BCUT2D eigenvalue weighted by atomic mass is 19.4. The Kier molecular flexibility index (Phi) is 8.69. The van der Waals surface area contributed by atoms with Gasteiger partial charge < -0.3 is 4.74 Å². The van der Waals surface area contributed by atoms with Crippen molar-refractivity contribution in [3.05, 3.63) is 70.8 Å². The van der Waals surface area contributed by atoms with Crippen LogP contribution >= 0.6 is 0 Å². The molecule has 0 amide bonds. The summed E-state index contributed by atoms with van der Waals surface area (Å²) in [4.78, 5) is 0. The van der Waals surface area contributed by atoms with Gasteiger partial charge in [0.1, 0.15) is 0 Å². The minimum Gasteiger partial charge on any atom is -0.385 e. The molecular formula is C27H31F5O. The second kappa shape index (κ2) is 11.3. The van der Waals surface area contributed by atoms with Gasteiger partial charge in [0.15, 0.2) is 11.7 Å². The molecular weight excluding hydrogens is 435 g/mol. The van der Waals surface area contributed by atoms with Crippen LogP contribution < -0.4 is 0 Å². The fraction of sp³-hybridized carbons (Fsp3) is 0.481. The van der Waals surface area contributed by atoms with E-state index in [1.54, 1.807) is 12.1 Å². The van der Waals surface area contributed by atoms with Gasteiger partial charge in [-0.3, -0.25) is 0 Å². The van der Waals surface area contributed by atoms with E-state index in [-0.39, 0.29) is 30.6 Å². The highest BCUT2D eigenvalue weighted by Crippen LogP contribution is 2.37. The lowest BCUT2D eigenvalue weighted by molar-refractivity contribution is -0.178. The van der Waals surface area contributed by atoms with E-state index in [1.807, 2.05) is 12.1 Å². The summed E-state index contributed by atoms with van der Waals surface area (Å²) < 4.78 is 74.0. The molecule has 1 saturated carbocycles. The van der Waals surface area contributed by atoms with Gasteiger partial charge in [0.05, 0.1) is 5.92 Å². The van der Waals surface area contributed by atoms with E-state index in [4.69, 9.17) is 4.74 Å². The van der Waals surface area contributed by atoms with Gasteiger partial charge in [0, 0.05) is 24.8 Å². The lowest BCUT2D eigenvalue weighted by Gasteiger charge is -2.26. The Balaban J connectivity index is 1.70. The number of benzene rings is 2. The largest absolute Gasteiger partial charge is 0.392 e. The molecule has 1 nitrogen and oxygen atoms in total. The molecule has 0 saturated heterocycles. The first-order valence-corrected chi connectivity index (χ1v) is 11.5. The fourth-order valence-electron chi connectivity index (χ4n) is 4.46. The Morgan fingerprint density at radius 2 is 1.39 bits per heavy atom. The first-order chi connectivity index (χ1) is 15.7. The number of alkyl halides is 3. The molecule has 1 unspecified atom stereocenters. The highest BCUT2D eigenvalue weighted by molar-refractivity contribution is 5.83. The molecule has 0 N–H and O–H groups in total. The molecule has 0 spiro atoms. The summed E-state index contributed by atoms with van der Waals surface area (Å²) >= 11 is 0. The van der Waals surface area contributed by atoms with Crippen molar-refractivity contribution in [1.82, 2.24) is 0 Å². The van der Waals surface area contributed by atoms with Crippen LogP contribution in [0.25, 0.3) is 11.7 Å². The average molecular weight is 467 g/mol. The summed E-state index contributed by atoms with van der Waals surface area (Å²) in [6.45, 7) is 2.26. The lowest BCUT2D eigenvalue weighted by atomic mass is 9.79. The van der Waals surface area contributed by atoms with Gasteiger partial charge in [-0.05, 0) is 48.6 Å². The molecule has 6 heteroatoms. The van der Waals surface area contributed by atoms with E-state index in [0.717, 1.165) is 24.3 Å². The number of halogens is 5. The fourth-order valence-corrected chi connectivity index (χ4v) is 4.46. The summed E-state index contributed by atoms with van der Waals surface area (Å²) in [5.41, 5.74) is 1.72. The molecule has 0 aromatic heterocycles. The van der Waals surface area contributed by atoms with Gasteiger partial charge in [-0.2, -0.15) is 13.2 Å². The van der Waals surface area contributed by atoms with Crippen molar-refractivity contribution in [3.8, 4) is 0 Å². The van der Waals surface area contributed by atoms with E-state index < -0.39 is 23.7 Å². The van der Waals surface area contributed by atoms with Crippen LogP contribution in [0.1, 0.15) is 67.2 Å². The molecule has 2 aromatic carbocycles. The number of methoxy groups -OCH3 is 1. The topological polar surface area (TPSA) is 9.23 Å². The molecule has 1 fully saturated rings. The van der Waals surface area contributed by atoms with Crippen LogP contribution in [0.3, 0.4) is 0 Å². The van der Waals surface area contributed by atoms with Crippen molar-refractivity contribution in [2.75, 3.05) is 13.7 Å². The van der Waals surface area contributed by atoms with Crippen LogP contribution in [0, 0.1) is 11.8 Å². The van der Waals surface area contributed by atoms with E-state index in [9.17, 15) is 22.0 Å². The van der Waals surface area contributed by atoms with Crippen molar-refractivity contribution >= 4 is 11.7 Å². The lowest BCUT2D eigenvalue weighted by Crippen LogP contribution is -2.26. The minimum atomic E-state index is -4.35. The summed E-state index contributed by atoms with van der Waals surface area (Å²) in [6.07, 6.45) is -0.150. The van der Waals surface area contributed by atoms with Gasteiger partial charge in [-0.1, -0.05) is 68.3 Å². The first-order valence-electron chi connectivity index (χ1n) is 11.5. The number of ether oxygens (including phenoxy) is 1. The van der Waals surface area contributed by atoms with Crippen LogP contribution in [-0.4, -0.2) is 19.9 Å². The Labute approximate surface area is 192 Å². The van der Waals surface area contributed by atoms with Crippen molar-refractivity contribution in [3.63, 3.8) is 0 Å². The molecule has 2 aromatic rings. The number of hydrogen-bond donors (Lipinski definition) is 0. The summed E-state index contributed by atoms with van der Waals surface area (Å²) in [7, 11) is 1.36. The second-order valence-electron chi connectivity index (χ2n) is 9.13. The molecule has 3 rings (SSSR count). The Morgan fingerprint density at radius 1 is 0.879 bits per heavy atom. The quantitative estimate of drug-likeness (QED) is 0.280. The van der Waals surface area contributed by atoms with Crippen LogP contribution in [0.5, 0.6) is 0 Å². The predicted molar refractivity (Wildman–Crippen MR) is 122 cm³/mol. The normalized spacial score (nSPS) is 20.9. The van der Waals surface area contributed by atoms with Crippen molar-refractivity contribution in [2.24, 2.45) is 11.8 Å². The second-order valence-corrected chi connectivity index (χ2v) is 9.13. The maximum Gasteiger partial charge on any atom is 0.392 e. The zero-order chi connectivity index (χ0) is 24.0. The van der Waals surface area contributed by atoms with Crippen LogP contribution in [0.2, 0.25) is 0 Å². The molecule has 1 atom stereocenters. The van der Waals surface area contributed by atoms with Gasteiger partial charge in [0.25, 0.3) is 0 Å². The molecule has 0 heterocycles. The van der Waals surface area contributed by atoms with Gasteiger partial charge in [-0.25, -0.2) is 8.78 Å². The standard InChI is InChI=1S/C27H31F5O/c1-18-3-7-20(8-4-18)21-11-13-23(14-12-21)26(29)25(28)22-9-5-19(6-10-22)17-24(15-16-33-2)27(30,31)32/h5-6,9-14,18,20,24H,3-4,7-8,15-17H2,1-2H3/b26-25-. The maximum absolute atomic E-state index is 14.8. The zero-order valence-corrected chi connectivity index (χ0v) is 19.1. The van der Waals surface area contributed by atoms with Crippen LogP contribution in [-0.2, 0) is 11.2 Å². The molecule has 0 bridgehead atoms. The average Bonchev–Trinajstić information content (AvgIpc) is 2.81. The van der Waals surface area contributed by atoms with Crippen LogP contribution in [0.4, 0.5) is 22.0 Å². The van der Waals surface area contributed by atoms with E-state index >= 15 is 0 Å².